The first kappa shape index (κ1) is 23.7. The van der Waals surface area contributed by atoms with Gasteiger partial charge in [-0.15, -0.1) is 0 Å². The second-order valence-electron chi connectivity index (χ2n) is 9.41. The fraction of sp³-hybridized carbons (Fsp3) is 0.464. The fourth-order valence-electron chi connectivity index (χ4n) is 5.30. The minimum atomic E-state index is -0.892. The molecule has 176 valence electrons. The van der Waals surface area contributed by atoms with E-state index in [0.29, 0.717) is 17.9 Å². The molecule has 2 aromatic rings. The van der Waals surface area contributed by atoms with Gasteiger partial charge in [0.15, 0.2) is 0 Å². The number of alkyl halides is 1. The first-order chi connectivity index (χ1) is 16.1. The molecule has 2 aromatic carbocycles. The molecule has 4 nitrogen and oxygen atoms in total. The third-order valence-corrected chi connectivity index (χ3v) is 6.94. The highest BCUT2D eigenvalue weighted by Gasteiger charge is 2.26. The minimum absolute atomic E-state index is 0.171. The maximum Gasteiger partial charge on any atom is 0.335 e. The van der Waals surface area contributed by atoms with Crippen LogP contribution in [0.5, 0.6) is 0 Å². The van der Waals surface area contributed by atoms with Gasteiger partial charge in [0.05, 0.1) is 12.2 Å². The summed E-state index contributed by atoms with van der Waals surface area (Å²) in [5.74, 6) is -0.250. The quantitative estimate of drug-likeness (QED) is 0.526. The molecule has 0 aromatic heterocycles. The molecule has 1 aliphatic carbocycles. The molecule has 4 rings (SSSR count). The lowest BCUT2D eigenvalue weighted by Gasteiger charge is -2.39. The normalized spacial score (nSPS) is 16.9. The van der Waals surface area contributed by atoms with Crippen LogP contribution in [0.25, 0.3) is 5.57 Å². The summed E-state index contributed by atoms with van der Waals surface area (Å²) in [6.45, 7) is 2.90. The number of aromatic carboxylic acids is 1. The van der Waals surface area contributed by atoms with Gasteiger partial charge >= 0.3 is 5.97 Å². The molecule has 1 heterocycles. The molecule has 1 fully saturated rings. The summed E-state index contributed by atoms with van der Waals surface area (Å²) in [5, 5.41) is 18.9. The van der Waals surface area contributed by atoms with E-state index in [2.05, 4.69) is 29.2 Å². The third kappa shape index (κ3) is 5.71. The van der Waals surface area contributed by atoms with Crippen LogP contribution in [0.2, 0.25) is 0 Å². The average molecular weight is 452 g/mol. The second kappa shape index (κ2) is 11.1. The highest BCUT2D eigenvalue weighted by atomic mass is 19.1. The van der Waals surface area contributed by atoms with Crippen molar-refractivity contribution >= 4 is 11.5 Å². The highest BCUT2D eigenvalue weighted by Crippen LogP contribution is 2.37. The maximum atomic E-state index is 12.3. The number of aliphatic hydroxyl groups excluding tert-OH is 1. The Morgan fingerprint density at radius 1 is 1.06 bits per heavy atom. The van der Waals surface area contributed by atoms with Crippen LogP contribution in [0.15, 0.2) is 48.0 Å². The monoisotopic (exact) mass is 451 g/mol. The molecular weight excluding hydrogens is 417 g/mol. The number of hydrogen-bond donors (Lipinski definition) is 2. The van der Waals surface area contributed by atoms with Crippen LogP contribution < -0.4 is 0 Å². The van der Waals surface area contributed by atoms with Crippen molar-refractivity contribution in [1.82, 2.24) is 4.90 Å². The molecule has 1 aliphatic heterocycles. The van der Waals surface area contributed by atoms with Crippen molar-refractivity contribution in [2.75, 3.05) is 32.9 Å². The van der Waals surface area contributed by atoms with Gasteiger partial charge in [-0.1, -0.05) is 35.9 Å². The van der Waals surface area contributed by atoms with E-state index in [1.807, 2.05) is 12.1 Å². The maximum absolute atomic E-state index is 12.3. The lowest BCUT2D eigenvalue weighted by molar-refractivity contribution is 0.0696. The second-order valence-corrected chi connectivity index (χ2v) is 9.41. The van der Waals surface area contributed by atoms with Crippen LogP contribution in [0.4, 0.5) is 4.39 Å². The van der Waals surface area contributed by atoms with E-state index in [1.54, 1.807) is 6.07 Å². The van der Waals surface area contributed by atoms with Gasteiger partial charge < -0.3 is 15.1 Å². The van der Waals surface area contributed by atoms with E-state index in [9.17, 15) is 19.4 Å². The molecule has 0 unspecified atom stereocenters. The number of carbonyl (C=O) groups is 1. The van der Waals surface area contributed by atoms with E-state index in [0.717, 1.165) is 74.8 Å². The molecule has 0 spiro atoms. The first-order valence-corrected chi connectivity index (χ1v) is 12.2. The molecule has 1 saturated heterocycles. The van der Waals surface area contributed by atoms with E-state index in [4.69, 9.17) is 0 Å². The molecule has 0 amide bonds. The van der Waals surface area contributed by atoms with Gasteiger partial charge in [0.2, 0.25) is 0 Å². The largest absolute Gasteiger partial charge is 0.478 e. The summed E-state index contributed by atoms with van der Waals surface area (Å²) < 4.78 is 12.3. The number of hydrogen-bond acceptors (Lipinski definition) is 3. The highest BCUT2D eigenvalue weighted by molar-refractivity contribution is 5.90. The molecule has 2 aliphatic rings. The first-order valence-electron chi connectivity index (χ1n) is 12.2. The SMILES string of the molecule is O=C(O)c1ccc2c(c1)CCCC(CCCO)=C2c1ccc(CC2CN(CCCF)C2)cc1. The third-order valence-electron chi connectivity index (χ3n) is 6.94. The number of aliphatic hydroxyl groups is 1. The van der Waals surface area contributed by atoms with Crippen molar-refractivity contribution in [3.8, 4) is 0 Å². The van der Waals surface area contributed by atoms with Crippen LogP contribution in [0.1, 0.15) is 64.7 Å². The zero-order valence-corrected chi connectivity index (χ0v) is 19.2. The smallest absolute Gasteiger partial charge is 0.335 e. The summed E-state index contributed by atoms with van der Waals surface area (Å²) in [6.07, 6.45) is 6.07. The molecular formula is C28H34FNO3. The lowest BCUT2D eigenvalue weighted by Crippen LogP contribution is -2.47. The summed E-state index contributed by atoms with van der Waals surface area (Å²) in [5.41, 5.74) is 7.60. The number of halogens is 1. The van der Waals surface area contributed by atoms with Gasteiger partial charge in [0.25, 0.3) is 0 Å². The molecule has 0 saturated carbocycles. The fourth-order valence-corrected chi connectivity index (χ4v) is 5.30. The average Bonchev–Trinajstić information content (AvgIpc) is 2.98. The topological polar surface area (TPSA) is 60.8 Å². The molecule has 2 N–H and O–H groups in total. The number of fused-ring (bicyclic) bond motifs is 1. The Morgan fingerprint density at radius 2 is 1.85 bits per heavy atom. The van der Waals surface area contributed by atoms with E-state index in [-0.39, 0.29) is 13.3 Å². The number of carboxylic acids is 1. The Morgan fingerprint density at radius 3 is 2.55 bits per heavy atom. The Kier molecular flexibility index (Phi) is 7.94. The molecule has 0 bridgehead atoms. The number of allylic oxidation sites excluding steroid dienone is 1. The van der Waals surface area contributed by atoms with E-state index >= 15 is 0 Å². The predicted octanol–water partition coefficient (Wildman–Crippen LogP) is 5.13. The van der Waals surface area contributed by atoms with E-state index in [1.165, 1.54) is 16.7 Å². The molecule has 0 radical (unpaired) electrons. The minimum Gasteiger partial charge on any atom is -0.478 e. The van der Waals surface area contributed by atoms with E-state index < -0.39 is 5.97 Å². The zero-order chi connectivity index (χ0) is 23.2. The van der Waals surface area contributed by atoms with Crippen LogP contribution in [0.3, 0.4) is 0 Å². The number of nitrogens with zero attached hydrogens (tertiary/aromatic N) is 1. The standard InChI is InChI=1S/C28H34FNO3/c29-13-3-14-30-18-21(19-30)16-20-7-9-23(10-8-20)27-22(6-2-15-31)4-1-5-24-17-25(28(32)33)11-12-26(24)27/h7-12,17,21,31H,1-6,13-16,18-19H2,(H,32,33). The number of rotatable bonds is 10. The van der Waals surface area contributed by atoms with Crippen molar-refractivity contribution in [3.05, 3.63) is 75.9 Å². The van der Waals surface area contributed by atoms with Crippen LogP contribution in [-0.2, 0) is 12.8 Å². The summed E-state index contributed by atoms with van der Waals surface area (Å²) in [6, 6.07) is 14.3. The Hall–Kier alpha value is -2.50. The lowest BCUT2D eigenvalue weighted by atomic mass is 9.87. The van der Waals surface area contributed by atoms with Crippen molar-refractivity contribution in [3.63, 3.8) is 0 Å². The number of benzene rings is 2. The van der Waals surface area contributed by atoms with Crippen LogP contribution in [0, 0.1) is 5.92 Å². The van der Waals surface area contributed by atoms with Gasteiger partial charge in [-0.2, -0.15) is 0 Å². The van der Waals surface area contributed by atoms with Gasteiger partial charge in [0.1, 0.15) is 0 Å². The van der Waals surface area contributed by atoms with Crippen molar-refractivity contribution in [2.45, 2.75) is 44.9 Å². The molecule has 0 atom stereocenters. The van der Waals surface area contributed by atoms with Gasteiger partial charge in [-0.05, 0) is 90.8 Å². The summed E-state index contributed by atoms with van der Waals surface area (Å²) in [4.78, 5) is 13.8. The van der Waals surface area contributed by atoms with Crippen molar-refractivity contribution < 1.29 is 19.4 Å². The number of aryl methyl sites for hydroxylation is 1. The zero-order valence-electron chi connectivity index (χ0n) is 19.2. The number of likely N-dealkylation sites (tertiary alicyclic amines) is 1. The summed E-state index contributed by atoms with van der Waals surface area (Å²) >= 11 is 0. The van der Waals surface area contributed by atoms with Crippen molar-refractivity contribution in [1.29, 1.82) is 0 Å². The summed E-state index contributed by atoms with van der Waals surface area (Å²) in [7, 11) is 0. The van der Waals surface area contributed by atoms with Crippen LogP contribution >= 0.6 is 0 Å². The molecule has 5 heteroatoms. The Labute approximate surface area is 195 Å². The molecule has 33 heavy (non-hydrogen) atoms. The van der Waals surface area contributed by atoms with Gasteiger partial charge in [-0.3, -0.25) is 4.39 Å². The van der Waals surface area contributed by atoms with Gasteiger partial charge in [0, 0.05) is 26.2 Å². The van der Waals surface area contributed by atoms with Crippen molar-refractivity contribution in [2.24, 2.45) is 5.92 Å². The Balaban J connectivity index is 1.57. The number of carboxylic acid groups (broad SMARTS) is 1. The Bertz CT molecular complexity index is 993. The van der Waals surface area contributed by atoms with Gasteiger partial charge in [-0.25, -0.2) is 4.79 Å². The predicted molar refractivity (Wildman–Crippen MR) is 129 cm³/mol. The van der Waals surface area contributed by atoms with Crippen LogP contribution in [-0.4, -0.2) is 54.0 Å².